The van der Waals surface area contributed by atoms with E-state index in [1.807, 2.05) is 0 Å². The smallest absolute Gasteiger partial charge is 0.314 e. The van der Waals surface area contributed by atoms with Crippen molar-refractivity contribution in [2.45, 2.75) is 40.5 Å². The molecule has 0 amide bonds. The molecule has 0 bridgehead atoms. The van der Waals surface area contributed by atoms with Crippen LogP contribution in [0.1, 0.15) is 40.5 Å². The Morgan fingerprint density at radius 3 is 1.94 bits per heavy atom. The summed E-state index contributed by atoms with van der Waals surface area (Å²) >= 11 is 0. The highest BCUT2D eigenvalue weighted by Crippen LogP contribution is 2.26. The number of allylic oxidation sites excluding steroid dienone is 2. The molecule has 0 radical (unpaired) electrons. The van der Waals surface area contributed by atoms with Crippen molar-refractivity contribution >= 4 is 17.7 Å². The quantitative estimate of drug-likeness (QED) is 0.717. The molecule has 0 aromatic carbocycles. The molecule has 1 aliphatic rings. The van der Waals surface area contributed by atoms with E-state index < -0.39 is 11.9 Å². The molecule has 1 rings (SSSR count). The zero-order valence-electron chi connectivity index (χ0n) is 11.1. The van der Waals surface area contributed by atoms with Crippen LogP contribution in [-0.4, -0.2) is 17.7 Å². The van der Waals surface area contributed by atoms with E-state index in [9.17, 15) is 14.4 Å². The summed E-state index contributed by atoms with van der Waals surface area (Å²) in [6, 6.07) is 0. The molecular formula is C13H18O5. The van der Waals surface area contributed by atoms with Gasteiger partial charge in [0.1, 0.15) is 0 Å². The molecular weight excluding hydrogens is 236 g/mol. The monoisotopic (exact) mass is 254 g/mol. The van der Waals surface area contributed by atoms with Crippen LogP contribution in [-0.2, 0) is 23.9 Å². The third kappa shape index (κ3) is 3.42. The molecule has 0 saturated heterocycles. The van der Waals surface area contributed by atoms with Gasteiger partial charge in [0.25, 0.3) is 0 Å². The van der Waals surface area contributed by atoms with Crippen molar-refractivity contribution in [1.82, 2.24) is 0 Å². The lowest BCUT2D eigenvalue weighted by atomic mass is 10.2. The summed E-state index contributed by atoms with van der Waals surface area (Å²) in [5, 5.41) is 0. The van der Waals surface area contributed by atoms with Gasteiger partial charge in [0.05, 0.1) is 11.8 Å². The van der Waals surface area contributed by atoms with Crippen LogP contribution in [0.25, 0.3) is 0 Å². The molecule has 1 aliphatic carbocycles. The second kappa shape index (κ2) is 5.80. The van der Waals surface area contributed by atoms with Crippen molar-refractivity contribution in [3.63, 3.8) is 0 Å². The predicted molar refractivity (Wildman–Crippen MR) is 63.1 cm³/mol. The van der Waals surface area contributed by atoms with E-state index in [0.29, 0.717) is 6.42 Å². The number of rotatable bonds is 4. The van der Waals surface area contributed by atoms with Gasteiger partial charge in [-0.1, -0.05) is 27.7 Å². The Balaban J connectivity index is 2.83. The summed E-state index contributed by atoms with van der Waals surface area (Å²) < 4.78 is 10.1. The highest BCUT2D eigenvalue weighted by Gasteiger charge is 2.31. The first-order chi connectivity index (χ1) is 8.32. The Kier molecular flexibility index (Phi) is 4.64. The Bertz CT molecular complexity index is 404. The largest absolute Gasteiger partial charge is 0.427 e. The Morgan fingerprint density at radius 2 is 1.44 bits per heavy atom. The van der Waals surface area contributed by atoms with Crippen LogP contribution in [0.3, 0.4) is 0 Å². The topological polar surface area (TPSA) is 69.7 Å². The van der Waals surface area contributed by atoms with Crippen LogP contribution in [0.4, 0.5) is 0 Å². The fourth-order valence-electron chi connectivity index (χ4n) is 1.28. The highest BCUT2D eigenvalue weighted by molar-refractivity contribution is 5.99. The van der Waals surface area contributed by atoms with Gasteiger partial charge in [-0.2, -0.15) is 0 Å². The fourth-order valence-corrected chi connectivity index (χ4v) is 1.28. The van der Waals surface area contributed by atoms with E-state index in [-0.39, 0.29) is 35.6 Å². The zero-order chi connectivity index (χ0) is 13.9. The summed E-state index contributed by atoms with van der Waals surface area (Å²) in [5.41, 5.74) is 0. The van der Waals surface area contributed by atoms with Crippen LogP contribution in [0.5, 0.6) is 0 Å². The van der Waals surface area contributed by atoms with Gasteiger partial charge in [0.15, 0.2) is 5.76 Å². The van der Waals surface area contributed by atoms with Crippen LogP contribution >= 0.6 is 0 Å². The summed E-state index contributed by atoms with van der Waals surface area (Å²) in [6.45, 7) is 6.73. The molecule has 0 heterocycles. The van der Waals surface area contributed by atoms with Gasteiger partial charge < -0.3 is 9.47 Å². The number of Topliss-reactive ketones (excluding diaryl/α,β-unsaturated/α-hetero) is 1. The molecule has 100 valence electrons. The van der Waals surface area contributed by atoms with Gasteiger partial charge in [-0.15, -0.1) is 0 Å². The zero-order valence-corrected chi connectivity index (χ0v) is 11.1. The third-order valence-corrected chi connectivity index (χ3v) is 2.45. The number of ether oxygens (including phenoxy) is 2. The van der Waals surface area contributed by atoms with E-state index >= 15 is 0 Å². The lowest BCUT2D eigenvalue weighted by molar-refractivity contribution is -0.148. The molecule has 5 nitrogen and oxygen atoms in total. The summed E-state index contributed by atoms with van der Waals surface area (Å²) in [7, 11) is 0. The second-order valence-corrected chi connectivity index (χ2v) is 4.83. The minimum atomic E-state index is -0.502. The van der Waals surface area contributed by atoms with Crippen LogP contribution in [0.15, 0.2) is 11.5 Å². The predicted octanol–water partition coefficient (Wildman–Crippen LogP) is 1.96. The molecule has 0 spiro atoms. The van der Waals surface area contributed by atoms with E-state index in [1.165, 1.54) is 0 Å². The first kappa shape index (κ1) is 14.4. The minimum absolute atomic E-state index is 0.109. The number of ketones is 1. The maximum absolute atomic E-state index is 11.6. The standard InChI is InChI=1S/C13H18O5/c1-7(2)12(15)17-10-6-5-9(14)11(10)18-13(16)8(3)4/h7-8H,5-6H2,1-4H3. The number of carbonyl (C=O) groups excluding carboxylic acids is 3. The maximum Gasteiger partial charge on any atom is 0.314 e. The second-order valence-electron chi connectivity index (χ2n) is 4.83. The van der Waals surface area contributed by atoms with Gasteiger partial charge in [-0.25, -0.2) is 0 Å². The van der Waals surface area contributed by atoms with E-state index in [1.54, 1.807) is 27.7 Å². The lowest BCUT2D eigenvalue weighted by Gasteiger charge is -2.10. The van der Waals surface area contributed by atoms with Crippen molar-refractivity contribution in [3.8, 4) is 0 Å². The van der Waals surface area contributed by atoms with Crippen LogP contribution < -0.4 is 0 Å². The first-order valence-corrected chi connectivity index (χ1v) is 6.02. The normalized spacial score (nSPS) is 15.6. The molecule has 0 saturated carbocycles. The van der Waals surface area contributed by atoms with Crippen molar-refractivity contribution in [3.05, 3.63) is 11.5 Å². The minimum Gasteiger partial charge on any atom is -0.427 e. The Hall–Kier alpha value is -1.65. The van der Waals surface area contributed by atoms with E-state index in [4.69, 9.17) is 9.47 Å². The lowest BCUT2D eigenvalue weighted by Crippen LogP contribution is -2.16. The summed E-state index contributed by atoms with van der Waals surface area (Å²) in [4.78, 5) is 34.5. The number of esters is 2. The summed E-state index contributed by atoms with van der Waals surface area (Å²) in [6.07, 6.45) is 0.513. The van der Waals surface area contributed by atoms with Crippen LogP contribution in [0, 0.1) is 11.8 Å². The van der Waals surface area contributed by atoms with E-state index in [2.05, 4.69) is 0 Å². The van der Waals surface area contributed by atoms with E-state index in [0.717, 1.165) is 0 Å². The van der Waals surface area contributed by atoms with Crippen molar-refractivity contribution in [2.75, 3.05) is 0 Å². The van der Waals surface area contributed by atoms with Crippen molar-refractivity contribution < 1.29 is 23.9 Å². The molecule has 0 unspecified atom stereocenters. The Labute approximate surface area is 106 Å². The third-order valence-electron chi connectivity index (χ3n) is 2.45. The first-order valence-electron chi connectivity index (χ1n) is 6.02. The van der Waals surface area contributed by atoms with Crippen LogP contribution in [0.2, 0.25) is 0 Å². The highest BCUT2D eigenvalue weighted by atomic mass is 16.6. The van der Waals surface area contributed by atoms with Gasteiger partial charge >= 0.3 is 11.9 Å². The van der Waals surface area contributed by atoms with Crippen molar-refractivity contribution in [1.29, 1.82) is 0 Å². The van der Waals surface area contributed by atoms with Gasteiger partial charge in [0.2, 0.25) is 11.5 Å². The molecule has 0 N–H and O–H groups in total. The molecule has 0 aromatic rings. The Morgan fingerprint density at radius 1 is 0.944 bits per heavy atom. The molecule has 5 heteroatoms. The van der Waals surface area contributed by atoms with Gasteiger partial charge in [-0.05, 0) is 0 Å². The number of carbonyl (C=O) groups is 3. The number of hydrogen-bond donors (Lipinski definition) is 0. The maximum atomic E-state index is 11.6. The fraction of sp³-hybridized carbons (Fsp3) is 0.615. The number of hydrogen-bond acceptors (Lipinski definition) is 5. The van der Waals surface area contributed by atoms with Gasteiger partial charge in [0, 0.05) is 12.8 Å². The average Bonchev–Trinajstić information content (AvgIpc) is 2.61. The van der Waals surface area contributed by atoms with Crippen molar-refractivity contribution in [2.24, 2.45) is 11.8 Å². The van der Waals surface area contributed by atoms with Gasteiger partial charge in [-0.3, -0.25) is 14.4 Å². The molecule has 0 aliphatic heterocycles. The molecule has 0 fully saturated rings. The SMILES string of the molecule is CC(C)C(=O)OC1=C(OC(=O)C(C)C)C(=O)CC1. The average molecular weight is 254 g/mol. The summed E-state index contributed by atoms with van der Waals surface area (Å²) in [5.74, 6) is -1.80. The molecule has 18 heavy (non-hydrogen) atoms. The molecule has 0 atom stereocenters. The molecule has 0 aromatic heterocycles.